The molecule has 3 heteroatoms. The molecule has 0 saturated heterocycles. The Morgan fingerprint density at radius 1 is 1.38 bits per heavy atom. The average molecular weight is 238 g/mol. The standard InChI is InChI=1S/C13H16ClNO/c1-10(14)13(16)15-8-4-7-11-5-2-3-6-12(11)9-15/h2-3,5-6,10H,4,7-9H2,1H3. The summed E-state index contributed by atoms with van der Waals surface area (Å²) >= 11 is 5.85. The summed E-state index contributed by atoms with van der Waals surface area (Å²) in [5.74, 6) is 0.0402. The van der Waals surface area contributed by atoms with Gasteiger partial charge in [-0.2, -0.15) is 0 Å². The SMILES string of the molecule is CC(Cl)C(=O)N1CCCc2ccccc2C1. The fourth-order valence-electron chi connectivity index (χ4n) is 2.14. The fourth-order valence-corrected chi connectivity index (χ4v) is 2.28. The third-order valence-corrected chi connectivity index (χ3v) is 3.19. The largest absolute Gasteiger partial charge is 0.337 e. The molecule has 1 amide bonds. The molecule has 0 aromatic heterocycles. The minimum atomic E-state index is -0.426. The average Bonchev–Trinajstić information content (AvgIpc) is 2.49. The summed E-state index contributed by atoms with van der Waals surface area (Å²) in [5, 5.41) is -0.426. The van der Waals surface area contributed by atoms with Crippen molar-refractivity contribution in [1.29, 1.82) is 0 Å². The zero-order chi connectivity index (χ0) is 11.5. The molecule has 0 saturated carbocycles. The van der Waals surface area contributed by atoms with E-state index in [1.807, 2.05) is 11.0 Å². The Bertz CT molecular complexity index is 389. The van der Waals surface area contributed by atoms with Crippen LogP contribution >= 0.6 is 11.6 Å². The molecule has 2 nitrogen and oxygen atoms in total. The predicted octanol–water partition coefficient (Wildman–Crippen LogP) is 2.59. The molecular formula is C13H16ClNO. The van der Waals surface area contributed by atoms with E-state index < -0.39 is 5.38 Å². The van der Waals surface area contributed by atoms with Gasteiger partial charge in [-0.15, -0.1) is 11.6 Å². The fraction of sp³-hybridized carbons (Fsp3) is 0.462. The van der Waals surface area contributed by atoms with Gasteiger partial charge in [-0.05, 0) is 30.9 Å². The normalized spacial score (nSPS) is 17.5. The Hall–Kier alpha value is -1.02. The highest BCUT2D eigenvalue weighted by molar-refractivity contribution is 6.30. The number of fused-ring (bicyclic) bond motifs is 1. The Morgan fingerprint density at radius 3 is 2.75 bits per heavy atom. The molecule has 1 aliphatic heterocycles. The number of amides is 1. The second-order valence-corrected chi connectivity index (χ2v) is 4.90. The minimum Gasteiger partial charge on any atom is -0.337 e. The third kappa shape index (κ3) is 2.38. The summed E-state index contributed by atoms with van der Waals surface area (Å²) in [6.07, 6.45) is 2.07. The number of nitrogens with zero attached hydrogens (tertiary/aromatic N) is 1. The van der Waals surface area contributed by atoms with E-state index in [-0.39, 0.29) is 5.91 Å². The van der Waals surface area contributed by atoms with Crippen LogP contribution in [0.1, 0.15) is 24.5 Å². The van der Waals surface area contributed by atoms with Crippen molar-refractivity contribution in [3.8, 4) is 0 Å². The number of hydrogen-bond acceptors (Lipinski definition) is 1. The van der Waals surface area contributed by atoms with Crippen molar-refractivity contribution in [2.45, 2.75) is 31.7 Å². The van der Waals surface area contributed by atoms with Gasteiger partial charge in [0.15, 0.2) is 0 Å². The molecule has 86 valence electrons. The highest BCUT2D eigenvalue weighted by Gasteiger charge is 2.21. The van der Waals surface area contributed by atoms with Gasteiger partial charge in [-0.1, -0.05) is 24.3 Å². The first-order valence-corrected chi connectivity index (χ1v) is 6.12. The van der Waals surface area contributed by atoms with Crippen molar-refractivity contribution >= 4 is 17.5 Å². The second kappa shape index (κ2) is 4.88. The first-order valence-electron chi connectivity index (χ1n) is 5.68. The van der Waals surface area contributed by atoms with Crippen LogP contribution in [0.25, 0.3) is 0 Å². The van der Waals surface area contributed by atoms with Crippen LogP contribution in [0.15, 0.2) is 24.3 Å². The molecule has 16 heavy (non-hydrogen) atoms. The van der Waals surface area contributed by atoms with Crippen molar-refractivity contribution < 1.29 is 4.79 Å². The second-order valence-electron chi connectivity index (χ2n) is 4.25. The van der Waals surface area contributed by atoms with Crippen LogP contribution in [-0.2, 0) is 17.8 Å². The highest BCUT2D eigenvalue weighted by Crippen LogP contribution is 2.19. The van der Waals surface area contributed by atoms with Gasteiger partial charge in [0.2, 0.25) is 5.91 Å². The molecule has 1 heterocycles. The van der Waals surface area contributed by atoms with Gasteiger partial charge in [0.05, 0.1) is 0 Å². The van der Waals surface area contributed by atoms with E-state index in [2.05, 4.69) is 18.2 Å². The zero-order valence-corrected chi connectivity index (χ0v) is 10.2. The van der Waals surface area contributed by atoms with Gasteiger partial charge in [0.25, 0.3) is 0 Å². The molecule has 1 aromatic carbocycles. The lowest BCUT2D eigenvalue weighted by molar-refractivity contribution is -0.131. The molecule has 0 N–H and O–H groups in total. The van der Waals surface area contributed by atoms with E-state index in [0.717, 1.165) is 19.4 Å². The van der Waals surface area contributed by atoms with E-state index in [0.29, 0.717) is 6.54 Å². The number of benzene rings is 1. The molecule has 1 atom stereocenters. The van der Waals surface area contributed by atoms with Gasteiger partial charge in [0, 0.05) is 13.1 Å². The van der Waals surface area contributed by atoms with Crippen molar-refractivity contribution in [3.63, 3.8) is 0 Å². The molecule has 2 rings (SSSR count). The maximum absolute atomic E-state index is 11.9. The van der Waals surface area contributed by atoms with Crippen molar-refractivity contribution in [2.75, 3.05) is 6.54 Å². The summed E-state index contributed by atoms with van der Waals surface area (Å²) in [5.41, 5.74) is 2.62. The Labute approximate surface area is 101 Å². The number of aryl methyl sites for hydroxylation is 1. The number of rotatable bonds is 1. The van der Waals surface area contributed by atoms with Crippen molar-refractivity contribution in [1.82, 2.24) is 4.90 Å². The van der Waals surface area contributed by atoms with E-state index >= 15 is 0 Å². The van der Waals surface area contributed by atoms with Crippen LogP contribution in [0.3, 0.4) is 0 Å². The maximum atomic E-state index is 11.9. The Morgan fingerprint density at radius 2 is 2.06 bits per heavy atom. The molecule has 1 aliphatic rings. The Balaban J connectivity index is 2.20. The quantitative estimate of drug-likeness (QED) is 0.688. The molecule has 1 aromatic rings. The molecule has 1 unspecified atom stereocenters. The van der Waals surface area contributed by atoms with Crippen LogP contribution in [0.4, 0.5) is 0 Å². The molecule has 0 aliphatic carbocycles. The lowest BCUT2D eigenvalue weighted by Gasteiger charge is -2.22. The topological polar surface area (TPSA) is 20.3 Å². The summed E-state index contributed by atoms with van der Waals surface area (Å²) in [6, 6.07) is 8.32. The summed E-state index contributed by atoms with van der Waals surface area (Å²) < 4.78 is 0. The summed E-state index contributed by atoms with van der Waals surface area (Å²) in [7, 11) is 0. The van der Waals surface area contributed by atoms with Gasteiger partial charge < -0.3 is 4.90 Å². The van der Waals surface area contributed by atoms with E-state index in [1.165, 1.54) is 11.1 Å². The van der Waals surface area contributed by atoms with Gasteiger partial charge in [-0.25, -0.2) is 0 Å². The van der Waals surface area contributed by atoms with Gasteiger partial charge in [-0.3, -0.25) is 4.79 Å². The molecule has 0 bridgehead atoms. The third-order valence-electron chi connectivity index (χ3n) is 3.01. The molecule has 0 spiro atoms. The smallest absolute Gasteiger partial charge is 0.240 e. The van der Waals surface area contributed by atoms with Crippen LogP contribution in [0, 0.1) is 0 Å². The van der Waals surface area contributed by atoms with Crippen LogP contribution in [-0.4, -0.2) is 22.7 Å². The molecule has 0 radical (unpaired) electrons. The van der Waals surface area contributed by atoms with Crippen molar-refractivity contribution in [3.05, 3.63) is 35.4 Å². The van der Waals surface area contributed by atoms with Gasteiger partial charge >= 0.3 is 0 Å². The zero-order valence-electron chi connectivity index (χ0n) is 9.45. The maximum Gasteiger partial charge on any atom is 0.240 e. The minimum absolute atomic E-state index is 0.0402. The molecular weight excluding hydrogens is 222 g/mol. The lowest BCUT2D eigenvalue weighted by Crippen LogP contribution is -2.35. The van der Waals surface area contributed by atoms with Crippen LogP contribution in [0.5, 0.6) is 0 Å². The number of carbonyl (C=O) groups excluding carboxylic acids is 1. The summed E-state index contributed by atoms with van der Waals surface area (Å²) in [4.78, 5) is 13.7. The monoisotopic (exact) mass is 237 g/mol. The summed E-state index contributed by atoms with van der Waals surface area (Å²) in [6.45, 7) is 3.25. The molecule has 0 fully saturated rings. The predicted molar refractivity (Wildman–Crippen MR) is 65.5 cm³/mol. The van der Waals surface area contributed by atoms with E-state index in [9.17, 15) is 4.79 Å². The first kappa shape index (κ1) is 11.5. The van der Waals surface area contributed by atoms with E-state index in [1.54, 1.807) is 6.92 Å². The van der Waals surface area contributed by atoms with E-state index in [4.69, 9.17) is 11.6 Å². The number of halogens is 1. The van der Waals surface area contributed by atoms with Gasteiger partial charge in [0.1, 0.15) is 5.38 Å². The lowest BCUT2D eigenvalue weighted by atomic mass is 10.0. The number of carbonyl (C=O) groups is 1. The number of alkyl halides is 1. The van der Waals surface area contributed by atoms with Crippen molar-refractivity contribution in [2.24, 2.45) is 0 Å². The first-order chi connectivity index (χ1) is 7.68. The highest BCUT2D eigenvalue weighted by atomic mass is 35.5. The Kier molecular flexibility index (Phi) is 3.49. The van der Waals surface area contributed by atoms with Crippen LogP contribution < -0.4 is 0 Å². The van der Waals surface area contributed by atoms with Crippen LogP contribution in [0.2, 0.25) is 0 Å². The number of hydrogen-bond donors (Lipinski definition) is 0.